The van der Waals surface area contributed by atoms with E-state index in [9.17, 15) is 22.3 Å². The minimum absolute atomic E-state index is 1.40. The van der Waals surface area contributed by atoms with Crippen molar-refractivity contribution >= 4 is 0 Å². The zero-order chi connectivity index (χ0) is 7.23. The van der Waals surface area contributed by atoms with Crippen molar-refractivity contribution in [2.45, 2.75) is 6.04 Å². The Morgan fingerprint density at radius 3 is 1.44 bits per heavy atom. The van der Waals surface area contributed by atoms with Crippen molar-refractivity contribution < 1.29 is 22.3 Å². The van der Waals surface area contributed by atoms with Gasteiger partial charge in [-0.1, -0.05) is 8.96 Å². The van der Waals surface area contributed by atoms with Crippen LogP contribution < -0.4 is 0 Å². The Kier molecular flexibility index (Phi) is 1.12. The summed E-state index contributed by atoms with van der Waals surface area (Å²) in [5.41, 5.74) is 0. The Labute approximate surface area is 45.6 Å². The third kappa shape index (κ3) is 0.604. The average Bonchev–Trinajstić information content (AvgIpc) is 2.22. The molecule has 0 aromatic carbocycles. The summed E-state index contributed by atoms with van der Waals surface area (Å²) in [5.74, 6) is 0. The van der Waals surface area contributed by atoms with Crippen LogP contribution in [0.2, 0.25) is 0 Å². The Balaban J connectivity index is 2.60. The number of rotatable bonds is 1. The van der Waals surface area contributed by atoms with Crippen molar-refractivity contribution in [2.75, 3.05) is 0 Å². The molecule has 0 aromatic heterocycles. The molecule has 0 aromatic rings. The quantitative estimate of drug-likeness (QED) is 0.237. The molecule has 2 unspecified atom stereocenters. The fourth-order valence-electron chi connectivity index (χ4n) is 0.276. The highest BCUT2D eigenvalue weighted by Gasteiger charge is 2.75. The van der Waals surface area contributed by atoms with E-state index in [-0.39, 0.29) is 0 Å². The standard InChI is InChI=1S/CF5N3/c2-1(7(3)4)8(5)9(1)6. The van der Waals surface area contributed by atoms with Crippen molar-refractivity contribution in [2.24, 2.45) is 0 Å². The van der Waals surface area contributed by atoms with Gasteiger partial charge in [-0.2, -0.15) is 4.39 Å². The highest BCUT2D eigenvalue weighted by Crippen LogP contribution is 2.44. The molecule has 0 amide bonds. The fraction of sp³-hybridized carbons (Fsp3) is 1.00. The lowest BCUT2D eigenvalue weighted by molar-refractivity contribution is -0.282. The normalized spacial score (nSPS) is 50.0. The van der Waals surface area contributed by atoms with Gasteiger partial charge in [-0.3, -0.25) is 0 Å². The lowest BCUT2D eigenvalue weighted by Gasteiger charge is -1.96. The summed E-state index contributed by atoms with van der Waals surface area (Å²) in [4.78, 5) is 0. The van der Waals surface area contributed by atoms with Gasteiger partial charge in [-0.25, -0.2) is 0 Å². The minimum atomic E-state index is -4.00. The maximum absolute atomic E-state index is 11.7. The van der Waals surface area contributed by atoms with Crippen LogP contribution in [0.4, 0.5) is 22.3 Å². The van der Waals surface area contributed by atoms with Gasteiger partial charge in [0.2, 0.25) is 0 Å². The second-order valence-electron chi connectivity index (χ2n) is 1.31. The van der Waals surface area contributed by atoms with Crippen LogP contribution in [0.15, 0.2) is 0 Å². The summed E-state index contributed by atoms with van der Waals surface area (Å²) < 4.78 is 56.3. The van der Waals surface area contributed by atoms with Crippen LogP contribution in [-0.4, -0.2) is 21.8 Å². The first kappa shape index (κ1) is 6.65. The van der Waals surface area contributed by atoms with Gasteiger partial charge >= 0.3 is 6.04 Å². The Bertz CT molecular complexity index is 108. The van der Waals surface area contributed by atoms with Gasteiger partial charge in [0, 0.05) is 10.5 Å². The number of hydrogen-bond acceptors (Lipinski definition) is 3. The van der Waals surface area contributed by atoms with Gasteiger partial charge in [0.1, 0.15) is 0 Å². The van der Waals surface area contributed by atoms with E-state index in [1.807, 2.05) is 0 Å². The third-order valence-corrected chi connectivity index (χ3v) is 0.799. The predicted molar refractivity (Wildman–Crippen MR) is 13.8 cm³/mol. The monoisotopic (exact) mass is 149 g/mol. The predicted octanol–water partition coefficient (Wildman–Crippen LogP) is 0.940. The molecule has 1 saturated heterocycles. The van der Waals surface area contributed by atoms with E-state index in [0.717, 1.165) is 0 Å². The van der Waals surface area contributed by atoms with E-state index >= 15 is 0 Å². The first-order chi connectivity index (χ1) is 4.01. The molecule has 0 radical (unpaired) electrons. The van der Waals surface area contributed by atoms with Gasteiger partial charge in [0.15, 0.2) is 0 Å². The van der Waals surface area contributed by atoms with Gasteiger partial charge in [0.05, 0.1) is 5.34 Å². The molecule has 1 aliphatic rings. The van der Waals surface area contributed by atoms with Crippen molar-refractivity contribution in [3.63, 3.8) is 0 Å². The summed E-state index contributed by atoms with van der Waals surface area (Å²) in [6.45, 7) is 0. The molecular formula is CF5N3. The highest BCUT2D eigenvalue weighted by molar-refractivity contribution is 4.71. The topological polar surface area (TPSA) is 9.26 Å². The maximum Gasteiger partial charge on any atom is 0.418 e. The number of hydrogen-bond donors (Lipinski definition) is 0. The van der Waals surface area contributed by atoms with E-state index in [2.05, 4.69) is 0 Å². The fourth-order valence-corrected chi connectivity index (χ4v) is 0.276. The number of hydrazine groups is 1. The summed E-state index contributed by atoms with van der Waals surface area (Å²) in [7, 11) is 0. The Morgan fingerprint density at radius 2 is 1.44 bits per heavy atom. The minimum Gasteiger partial charge on any atom is -0.176 e. The molecule has 0 spiro atoms. The van der Waals surface area contributed by atoms with E-state index in [4.69, 9.17) is 0 Å². The summed E-state index contributed by atoms with van der Waals surface area (Å²) in [6.07, 6.45) is 0. The van der Waals surface area contributed by atoms with Crippen LogP contribution in [0.3, 0.4) is 0 Å². The maximum atomic E-state index is 11.7. The van der Waals surface area contributed by atoms with Gasteiger partial charge < -0.3 is 0 Å². The first-order valence-electron chi connectivity index (χ1n) is 1.74. The second-order valence-corrected chi connectivity index (χ2v) is 1.31. The van der Waals surface area contributed by atoms with Gasteiger partial charge in [-0.05, 0) is 0 Å². The van der Waals surface area contributed by atoms with Crippen molar-refractivity contribution in [3.05, 3.63) is 0 Å². The lowest BCUT2D eigenvalue weighted by atomic mass is 11.0. The SMILES string of the molecule is FN(F)C1(F)N(F)N1F. The first-order valence-corrected chi connectivity index (χ1v) is 1.74. The molecule has 1 heterocycles. The molecular weight excluding hydrogens is 149 g/mol. The molecule has 2 atom stereocenters. The van der Waals surface area contributed by atoms with E-state index in [1.165, 1.54) is 0 Å². The molecule has 1 rings (SSSR count). The van der Waals surface area contributed by atoms with Crippen molar-refractivity contribution in [3.8, 4) is 0 Å². The van der Waals surface area contributed by atoms with Crippen LogP contribution in [0.25, 0.3) is 0 Å². The van der Waals surface area contributed by atoms with Crippen LogP contribution in [-0.2, 0) is 0 Å². The average molecular weight is 149 g/mol. The molecule has 1 fully saturated rings. The third-order valence-electron chi connectivity index (χ3n) is 0.799. The zero-order valence-corrected chi connectivity index (χ0v) is 3.73. The van der Waals surface area contributed by atoms with E-state index in [0.29, 0.717) is 0 Å². The molecule has 0 bridgehead atoms. The van der Waals surface area contributed by atoms with Crippen LogP contribution in [0.5, 0.6) is 0 Å². The van der Waals surface area contributed by atoms with Crippen molar-refractivity contribution in [1.82, 2.24) is 15.8 Å². The smallest absolute Gasteiger partial charge is 0.176 e. The number of halogens is 5. The van der Waals surface area contributed by atoms with Crippen LogP contribution in [0.1, 0.15) is 0 Å². The highest BCUT2D eigenvalue weighted by atomic mass is 19.4. The van der Waals surface area contributed by atoms with Gasteiger partial charge in [-0.15, -0.1) is 8.96 Å². The molecule has 0 N–H and O–H groups in total. The summed E-state index contributed by atoms with van der Waals surface area (Å²) >= 11 is 0. The Hall–Kier alpha value is -0.470. The summed E-state index contributed by atoms with van der Waals surface area (Å²) in [5, 5.41) is -5.02. The molecule has 1 aliphatic heterocycles. The molecule has 0 aliphatic carbocycles. The van der Waals surface area contributed by atoms with E-state index in [1.54, 1.807) is 0 Å². The molecule has 3 nitrogen and oxygen atoms in total. The van der Waals surface area contributed by atoms with Crippen molar-refractivity contribution in [1.29, 1.82) is 0 Å². The molecule has 54 valence electrons. The van der Waals surface area contributed by atoms with Crippen LogP contribution >= 0.6 is 0 Å². The number of nitrogens with zero attached hydrogens (tertiary/aromatic N) is 3. The Morgan fingerprint density at radius 1 is 1.11 bits per heavy atom. The molecule has 0 saturated carbocycles. The molecule has 9 heavy (non-hydrogen) atoms. The molecule has 8 heteroatoms. The second kappa shape index (κ2) is 1.52. The zero-order valence-electron chi connectivity index (χ0n) is 3.73. The largest absolute Gasteiger partial charge is 0.418 e. The van der Waals surface area contributed by atoms with Crippen LogP contribution in [0, 0.1) is 0 Å². The lowest BCUT2D eigenvalue weighted by Crippen LogP contribution is -2.23. The number of alkyl halides is 1. The van der Waals surface area contributed by atoms with E-state index < -0.39 is 21.8 Å². The summed E-state index contributed by atoms with van der Waals surface area (Å²) in [6, 6.07) is -4.00. The van der Waals surface area contributed by atoms with Gasteiger partial charge in [0.25, 0.3) is 0 Å².